The highest BCUT2D eigenvalue weighted by molar-refractivity contribution is 7.91. The number of benzene rings is 1. The number of fused-ring (bicyclic) bond motifs is 1. The van der Waals surface area contributed by atoms with Crippen molar-refractivity contribution in [3.63, 3.8) is 0 Å². The molecule has 6 heteroatoms. The number of hydrogen-bond acceptors (Lipinski definition) is 3. The molecule has 5 nitrogen and oxygen atoms in total. The van der Waals surface area contributed by atoms with Crippen molar-refractivity contribution in [2.45, 2.75) is 12.5 Å². The molecule has 1 aromatic carbocycles. The molecule has 1 fully saturated rings. The van der Waals surface area contributed by atoms with E-state index in [-0.39, 0.29) is 23.5 Å². The van der Waals surface area contributed by atoms with Crippen molar-refractivity contribution in [3.05, 3.63) is 36.0 Å². The van der Waals surface area contributed by atoms with E-state index in [2.05, 4.69) is 10.3 Å². The number of sulfone groups is 1. The van der Waals surface area contributed by atoms with Crippen molar-refractivity contribution in [1.29, 1.82) is 0 Å². The molecule has 0 aliphatic carbocycles. The zero-order chi connectivity index (χ0) is 13.5. The third-order valence-electron chi connectivity index (χ3n) is 3.38. The van der Waals surface area contributed by atoms with Crippen LogP contribution in [0.1, 0.15) is 16.8 Å². The Bertz CT molecular complexity index is 733. The van der Waals surface area contributed by atoms with Crippen LogP contribution in [0.2, 0.25) is 0 Å². The standard InChI is InChI=1S/C13H14N2O3S/c16-13(15-11-4-6-19(17,18)8-11)10-1-2-12-9(7-10)3-5-14-12/h1-3,5,7,11,14H,4,6,8H2,(H,15,16)/t11-/m1/s1. The summed E-state index contributed by atoms with van der Waals surface area (Å²) in [5.41, 5.74) is 1.52. The van der Waals surface area contributed by atoms with Crippen LogP contribution in [0, 0.1) is 0 Å². The Morgan fingerprint density at radius 2 is 2.16 bits per heavy atom. The van der Waals surface area contributed by atoms with Crippen LogP contribution in [0.5, 0.6) is 0 Å². The number of nitrogens with one attached hydrogen (secondary N) is 2. The van der Waals surface area contributed by atoms with Gasteiger partial charge in [-0.3, -0.25) is 4.79 Å². The summed E-state index contributed by atoms with van der Waals surface area (Å²) in [7, 11) is -2.97. The fraction of sp³-hybridized carbons (Fsp3) is 0.308. The Morgan fingerprint density at radius 1 is 1.32 bits per heavy atom. The van der Waals surface area contributed by atoms with E-state index in [0.717, 1.165) is 10.9 Å². The average molecular weight is 278 g/mol. The van der Waals surface area contributed by atoms with Gasteiger partial charge < -0.3 is 10.3 Å². The van der Waals surface area contributed by atoms with E-state index in [0.29, 0.717) is 12.0 Å². The molecule has 1 atom stereocenters. The molecule has 0 bridgehead atoms. The van der Waals surface area contributed by atoms with Gasteiger partial charge in [-0.15, -0.1) is 0 Å². The van der Waals surface area contributed by atoms with E-state index in [1.54, 1.807) is 12.1 Å². The third-order valence-corrected chi connectivity index (χ3v) is 5.15. The van der Waals surface area contributed by atoms with E-state index in [1.165, 1.54) is 0 Å². The van der Waals surface area contributed by atoms with Crippen molar-refractivity contribution in [2.24, 2.45) is 0 Å². The molecular weight excluding hydrogens is 264 g/mol. The molecule has 1 aliphatic rings. The van der Waals surface area contributed by atoms with Gasteiger partial charge in [0.2, 0.25) is 0 Å². The van der Waals surface area contributed by atoms with E-state index < -0.39 is 9.84 Å². The zero-order valence-electron chi connectivity index (χ0n) is 10.2. The number of rotatable bonds is 2. The molecule has 1 aromatic heterocycles. The molecule has 0 spiro atoms. The molecule has 2 aromatic rings. The predicted molar refractivity (Wildman–Crippen MR) is 72.8 cm³/mol. The average Bonchev–Trinajstić information content (AvgIpc) is 2.94. The lowest BCUT2D eigenvalue weighted by atomic mass is 10.1. The summed E-state index contributed by atoms with van der Waals surface area (Å²) in [6, 6.07) is 7.00. The Kier molecular flexibility index (Phi) is 2.82. The van der Waals surface area contributed by atoms with Gasteiger partial charge in [0, 0.05) is 28.7 Å². The summed E-state index contributed by atoms with van der Waals surface area (Å²) >= 11 is 0. The van der Waals surface area contributed by atoms with Gasteiger partial charge >= 0.3 is 0 Å². The van der Waals surface area contributed by atoms with Gasteiger partial charge in [-0.1, -0.05) is 0 Å². The summed E-state index contributed by atoms with van der Waals surface area (Å²) in [6.45, 7) is 0. The van der Waals surface area contributed by atoms with Crippen molar-refractivity contribution < 1.29 is 13.2 Å². The van der Waals surface area contributed by atoms with Crippen molar-refractivity contribution in [1.82, 2.24) is 10.3 Å². The second kappa shape index (κ2) is 4.38. The fourth-order valence-electron chi connectivity index (χ4n) is 2.37. The van der Waals surface area contributed by atoms with Gasteiger partial charge in [0.05, 0.1) is 11.5 Å². The molecule has 19 heavy (non-hydrogen) atoms. The van der Waals surface area contributed by atoms with Gasteiger partial charge in [-0.05, 0) is 30.7 Å². The van der Waals surface area contributed by atoms with Gasteiger partial charge in [-0.2, -0.15) is 0 Å². The van der Waals surface area contributed by atoms with Crippen LogP contribution >= 0.6 is 0 Å². The van der Waals surface area contributed by atoms with Crippen LogP contribution in [-0.2, 0) is 9.84 Å². The summed E-state index contributed by atoms with van der Waals surface area (Å²) in [6.07, 6.45) is 2.32. The molecule has 2 heterocycles. The number of carbonyl (C=O) groups is 1. The van der Waals surface area contributed by atoms with Crippen molar-refractivity contribution >= 4 is 26.6 Å². The monoisotopic (exact) mass is 278 g/mol. The highest BCUT2D eigenvalue weighted by atomic mass is 32.2. The van der Waals surface area contributed by atoms with Crippen LogP contribution < -0.4 is 5.32 Å². The quantitative estimate of drug-likeness (QED) is 0.863. The van der Waals surface area contributed by atoms with Gasteiger partial charge in [0.15, 0.2) is 9.84 Å². The van der Waals surface area contributed by atoms with Crippen LogP contribution in [0.15, 0.2) is 30.5 Å². The van der Waals surface area contributed by atoms with Gasteiger partial charge in [0.1, 0.15) is 0 Å². The molecule has 0 unspecified atom stereocenters. The normalized spacial score (nSPS) is 21.6. The third kappa shape index (κ3) is 2.49. The maximum Gasteiger partial charge on any atom is 0.251 e. The lowest BCUT2D eigenvalue weighted by Crippen LogP contribution is -2.35. The minimum Gasteiger partial charge on any atom is -0.361 e. The van der Waals surface area contributed by atoms with E-state index >= 15 is 0 Å². The van der Waals surface area contributed by atoms with Crippen molar-refractivity contribution in [2.75, 3.05) is 11.5 Å². The number of hydrogen-bond donors (Lipinski definition) is 2. The first kappa shape index (κ1) is 12.2. The second-order valence-corrected chi connectivity index (χ2v) is 7.08. The van der Waals surface area contributed by atoms with Gasteiger partial charge in [-0.25, -0.2) is 8.42 Å². The number of aromatic amines is 1. The Balaban J connectivity index is 1.76. The number of carbonyl (C=O) groups excluding carboxylic acids is 1. The highest BCUT2D eigenvalue weighted by Gasteiger charge is 2.29. The van der Waals surface area contributed by atoms with Gasteiger partial charge in [0.25, 0.3) is 5.91 Å². The molecule has 3 rings (SSSR count). The Morgan fingerprint density at radius 3 is 2.89 bits per heavy atom. The SMILES string of the molecule is O=C(N[C@@H]1CCS(=O)(=O)C1)c1ccc2[nH]ccc2c1. The number of aromatic nitrogens is 1. The maximum absolute atomic E-state index is 12.1. The summed E-state index contributed by atoms with van der Waals surface area (Å²) in [4.78, 5) is 15.1. The topological polar surface area (TPSA) is 79.0 Å². The molecule has 1 saturated heterocycles. The minimum absolute atomic E-state index is 0.0468. The molecule has 100 valence electrons. The first-order valence-corrected chi connectivity index (χ1v) is 7.94. The second-order valence-electron chi connectivity index (χ2n) is 4.85. The summed E-state index contributed by atoms with van der Waals surface area (Å²) < 4.78 is 22.7. The molecule has 2 N–H and O–H groups in total. The number of amides is 1. The summed E-state index contributed by atoms with van der Waals surface area (Å²) in [5, 5.41) is 3.74. The largest absolute Gasteiger partial charge is 0.361 e. The predicted octanol–water partition coefficient (Wildman–Crippen LogP) is 1.08. The maximum atomic E-state index is 12.1. The lowest BCUT2D eigenvalue weighted by Gasteiger charge is -2.10. The van der Waals surface area contributed by atoms with Crippen molar-refractivity contribution in [3.8, 4) is 0 Å². The van der Waals surface area contributed by atoms with E-state index in [4.69, 9.17) is 0 Å². The smallest absolute Gasteiger partial charge is 0.251 e. The first-order chi connectivity index (χ1) is 9.03. The lowest BCUT2D eigenvalue weighted by molar-refractivity contribution is 0.0941. The minimum atomic E-state index is -2.97. The van der Waals surface area contributed by atoms with E-state index in [1.807, 2.05) is 18.3 Å². The molecule has 0 saturated carbocycles. The van der Waals surface area contributed by atoms with Crippen LogP contribution in [-0.4, -0.2) is 36.9 Å². The molecule has 1 aliphatic heterocycles. The Hall–Kier alpha value is -1.82. The van der Waals surface area contributed by atoms with Crippen LogP contribution in [0.25, 0.3) is 10.9 Å². The van der Waals surface area contributed by atoms with Crippen LogP contribution in [0.4, 0.5) is 0 Å². The fourth-order valence-corrected chi connectivity index (χ4v) is 4.05. The Labute approximate surface area is 110 Å². The van der Waals surface area contributed by atoms with E-state index in [9.17, 15) is 13.2 Å². The zero-order valence-corrected chi connectivity index (χ0v) is 11.0. The molecule has 0 radical (unpaired) electrons. The molecule has 1 amide bonds. The first-order valence-electron chi connectivity index (χ1n) is 6.12. The highest BCUT2D eigenvalue weighted by Crippen LogP contribution is 2.16. The summed E-state index contributed by atoms with van der Waals surface area (Å²) in [5.74, 6) is -0.00914. The number of H-pyrrole nitrogens is 1. The molecular formula is C13H14N2O3S. The van der Waals surface area contributed by atoms with Crippen LogP contribution in [0.3, 0.4) is 0 Å².